The lowest BCUT2D eigenvalue weighted by atomic mass is 10.0. The van der Waals surface area contributed by atoms with Gasteiger partial charge in [0.25, 0.3) is 0 Å². The van der Waals surface area contributed by atoms with Gasteiger partial charge < -0.3 is 14.6 Å². The predicted octanol–water partition coefficient (Wildman–Crippen LogP) is 6.34. The number of anilines is 1. The van der Waals surface area contributed by atoms with Gasteiger partial charge in [-0.05, 0) is 30.7 Å². The maximum atomic E-state index is 12.7. The van der Waals surface area contributed by atoms with E-state index >= 15 is 0 Å². The molecule has 4 aromatic rings. The highest BCUT2D eigenvalue weighted by molar-refractivity contribution is 7.99. The smallest absolute Gasteiger partial charge is 0.341 e. The maximum absolute atomic E-state index is 12.7. The minimum Gasteiger partial charge on any atom is -0.465 e. The van der Waals surface area contributed by atoms with Crippen LogP contribution in [0.5, 0.6) is 0 Å². The van der Waals surface area contributed by atoms with Crippen molar-refractivity contribution in [2.24, 2.45) is 7.05 Å². The molecular weight excluding hydrogens is 527 g/mol. The second-order valence-corrected chi connectivity index (χ2v) is 10.2. The van der Waals surface area contributed by atoms with Crippen molar-refractivity contribution in [1.29, 1.82) is 0 Å². The van der Waals surface area contributed by atoms with E-state index in [4.69, 9.17) is 27.9 Å². The van der Waals surface area contributed by atoms with Crippen molar-refractivity contribution in [2.45, 2.75) is 12.1 Å². The van der Waals surface area contributed by atoms with E-state index in [1.807, 2.05) is 36.6 Å². The number of thiophene rings is 1. The summed E-state index contributed by atoms with van der Waals surface area (Å²) in [7, 11) is 3.13. The van der Waals surface area contributed by atoms with Crippen molar-refractivity contribution in [2.75, 3.05) is 18.2 Å². The Balaban J connectivity index is 1.48. The van der Waals surface area contributed by atoms with Crippen LogP contribution in [0.15, 0.2) is 53.0 Å². The van der Waals surface area contributed by atoms with E-state index in [1.54, 1.807) is 29.8 Å². The number of aryl methyl sites for hydroxylation is 1. The number of hydrogen-bond acceptors (Lipinski definition) is 7. The van der Waals surface area contributed by atoms with Crippen LogP contribution in [0.4, 0.5) is 5.00 Å². The van der Waals surface area contributed by atoms with Crippen LogP contribution in [-0.4, -0.2) is 39.5 Å². The summed E-state index contributed by atoms with van der Waals surface area (Å²) in [5.74, 6) is -0.118. The molecule has 0 aliphatic rings. The first-order chi connectivity index (χ1) is 16.8. The van der Waals surface area contributed by atoms with Crippen LogP contribution < -0.4 is 5.32 Å². The number of esters is 1. The SMILES string of the molecule is COC(=O)c1c(-c2ccc(C)cc2)csc1NC(=O)CSc1nnc(-c2ccc(Cl)c(Cl)c2)n1C. The van der Waals surface area contributed by atoms with Crippen molar-refractivity contribution < 1.29 is 14.3 Å². The molecule has 0 unspecified atom stereocenters. The zero-order valence-electron chi connectivity index (χ0n) is 19.0. The van der Waals surface area contributed by atoms with Crippen LogP contribution in [0.3, 0.4) is 0 Å². The molecule has 2 aromatic carbocycles. The third kappa shape index (κ3) is 5.54. The summed E-state index contributed by atoms with van der Waals surface area (Å²) in [5.41, 5.74) is 3.79. The average Bonchev–Trinajstić information content (AvgIpc) is 3.43. The Kier molecular flexibility index (Phi) is 7.81. The van der Waals surface area contributed by atoms with Gasteiger partial charge in [-0.15, -0.1) is 21.5 Å². The first kappa shape index (κ1) is 25.2. The molecule has 0 saturated heterocycles. The lowest BCUT2D eigenvalue weighted by Gasteiger charge is -2.08. The number of rotatable bonds is 7. The number of nitrogens with zero attached hydrogens (tertiary/aromatic N) is 3. The zero-order valence-corrected chi connectivity index (χ0v) is 22.1. The standard InChI is InChI=1S/C24H20Cl2N4O3S2/c1-13-4-6-14(7-5-13)16-11-34-22(20(16)23(32)33-3)27-19(31)12-35-24-29-28-21(30(24)2)15-8-9-17(25)18(26)10-15/h4-11H,12H2,1-3H3,(H,27,31). The first-order valence-corrected chi connectivity index (χ1v) is 12.9. The number of aromatic nitrogens is 3. The van der Waals surface area contributed by atoms with Crippen molar-refractivity contribution in [3.8, 4) is 22.5 Å². The molecule has 180 valence electrons. The Morgan fingerprint density at radius 3 is 2.49 bits per heavy atom. The molecule has 0 radical (unpaired) electrons. The minimum atomic E-state index is -0.510. The van der Waals surface area contributed by atoms with Crippen molar-refractivity contribution >= 4 is 63.2 Å². The van der Waals surface area contributed by atoms with Crippen LogP contribution in [0.2, 0.25) is 10.0 Å². The molecule has 0 aliphatic carbocycles. The summed E-state index contributed by atoms with van der Waals surface area (Å²) in [6.45, 7) is 1.99. The minimum absolute atomic E-state index is 0.0751. The highest BCUT2D eigenvalue weighted by atomic mass is 35.5. The summed E-state index contributed by atoms with van der Waals surface area (Å²) < 4.78 is 6.76. The monoisotopic (exact) mass is 546 g/mol. The highest BCUT2D eigenvalue weighted by Gasteiger charge is 2.23. The van der Waals surface area contributed by atoms with Crippen molar-refractivity contribution in [3.05, 3.63) is 69.0 Å². The molecule has 35 heavy (non-hydrogen) atoms. The van der Waals surface area contributed by atoms with E-state index < -0.39 is 5.97 Å². The molecule has 1 amide bonds. The van der Waals surface area contributed by atoms with Gasteiger partial charge in [-0.25, -0.2) is 4.79 Å². The van der Waals surface area contributed by atoms with Crippen molar-refractivity contribution in [1.82, 2.24) is 14.8 Å². The highest BCUT2D eigenvalue weighted by Crippen LogP contribution is 2.36. The summed E-state index contributed by atoms with van der Waals surface area (Å²) >= 11 is 14.6. The number of methoxy groups -OCH3 is 1. The lowest BCUT2D eigenvalue weighted by molar-refractivity contribution is -0.113. The maximum Gasteiger partial charge on any atom is 0.341 e. The summed E-state index contributed by atoms with van der Waals surface area (Å²) in [5, 5.41) is 14.9. The van der Waals surface area contributed by atoms with Gasteiger partial charge in [-0.2, -0.15) is 0 Å². The van der Waals surface area contributed by atoms with E-state index in [9.17, 15) is 9.59 Å². The Morgan fingerprint density at radius 1 is 1.09 bits per heavy atom. The van der Waals surface area contributed by atoms with Crippen LogP contribution in [0.1, 0.15) is 15.9 Å². The van der Waals surface area contributed by atoms with Gasteiger partial charge in [0.15, 0.2) is 11.0 Å². The molecule has 0 spiro atoms. The fourth-order valence-electron chi connectivity index (χ4n) is 3.32. The van der Waals surface area contributed by atoms with Crippen LogP contribution in [0.25, 0.3) is 22.5 Å². The molecule has 0 saturated carbocycles. The average molecular weight is 547 g/mol. The van der Waals surface area contributed by atoms with E-state index in [-0.39, 0.29) is 11.7 Å². The van der Waals surface area contributed by atoms with Gasteiger partial charge in [-0.1, -0.05) is 64.8 Å². The molecule has 7 nitrogen and oxygen atoms in total. The molecule has 0 atom stereocenters. The summed E-state index contributed by atoms with van der Waals surface area (Å²) in [4.78, 5) is 25.3. The number of hydrogen-bond donors (Lipinski definition) is 1. The number of halogens is 2. The fraction of sp³-hybridized carbons (Fsp3) is 0.167. The molecule has 1 N–H and O–H groups in total. The molecular formula is C24H20Cl2N4O3S2. The van der Waals surface area contributed by atoms with E-state index in [2.05, 4.69) is 15.5 Å². The van der Waals surface area contributed by atoms with Crippen LogP contribution in [-0.2, 0) is 16.6 Å². The second kappa shape index (κ2) is 10.8. The second-order valence-electron chi connectivity index (χ2n) is 7.54. The van der Waals surface area contributed by atoms with E-state index in [0.717, 1.165) is 16.7 Å². The Morgan fingerprint density at radius 2 is 1.80 bits per heavy atom. The number of carbonyl (C=O) groups excluding carboxylic acids is 2. The van der Waals surface area contributed by atoms with Gasteiger partial charge in [0, 0.05) is 23.6 Å². The van der Waals surface area contributed by atoms with E-state index in [1.165, 1.54) is 30.2 Å². The topological polar surface area (TPSA) is 86.1 Å². The Labute approximate surface area is 220 Å². The quantitative estimate of drug-likeness (QED) is 0.215. The van der Waals surface area contributed by atoms with Crippen molar-refractivity contribution in [3.63, 3.8) is 0 Å². The van der Waals surface area contributed by atoms with Crippen LogP contribution in [0, 0.1) is 6.92 Å². The summed E-state index contributed by atoms with van der Waals surface area (Å²) in [6, 6.07) is 13.0. The molecule has 0 aliphatic heterocycles. The van der Waals surface area contributed by atoms with Gasteiger partial charge >= 0.3 is 5.97 Å². The first-order valence-electron chi connectivity index (χ1n) is 10.3. The number of amides is 1. The molecule has 11 heteroatoms. The van der Waals surface area contributed by atoms with Gasteiger partial charge in [0.1, 0.15) is 10.6 Å². The Hall–Kier alpha value is -2.85. The largest absolute Gasteiger partial charge is 0.465 e. The number of nitrogens with one attached hydrogen (secondary N) is 1. The van der Waals surface area contributed by atoms with Gasteiger partial charge in [-0.3, -0.25) is 4.79 Å². The predicted molar refractivity (Wildman–Crippen MR) is 142 cm³/mol. The molecule has 2 aromatic heterocycles. The molecule has 0 fully saturated rings. The number of benzene rings is 2. The zero-order chi connectivity index (χ0) is 25.1. The normalized spacial score (nSPS) is 10.9. The third-order valence-electron chi connectivity index (χ3n) is 5.14. The molecule has 2 heterocycles. The summed E-state index contributed by atoms with van der Waals surface area (Å²) in [6.07, 6.45) is 0. The number of carbonyl (C=O) groups is 2. The van der Waals surface area contributed by atoms with E-state index in [0.29, 0.717) is 37.2 Å². The number of thioether (sulfide) groups is 1. The van der Waals surface area contributed by atoms with Crippen LogP contribution >= 0.6 is 46.3 Å². The number of ether oxygens (including phenoxy) is 1. The Bertz CT molecular complexity index is 1400. The third-order valence-corrected chi connectivity index (χ3v) is 7.80. The van der Waals surface area contributed by atoms with Gasteiger partial charge in [0.2, 0.25) is 5.91 Å². The molecule has 0 bridgehead atoms. The lowest BCUT2D eigenvalue weighted by Crippen LogP contribution is -2.16. The molecule has 4 rings (SSSR count). The fourth-order valence-corrected chi connectivity index (χ4v) is 5.30. The van der Waals surface area contributed by atoms with Gasteiger partial charge in [0.05, 0.1) is 22.9 Å².